The normalized spacial score (nSPS) is 38.2. The average molecular weight is 559 g/mol. The fourth-order valence-corrected chi connectivity index (χ4v) is 10.8. The SMILES string of the molecule is CC(C)CCC[C@@H](C)[C@H]1CCC2C3CC[C@@H]4C[C@@H](NCCCNCCCNCCCN)CC[C@]4(C)C3CC[C@@]21C. The summed E-state index contributed by atoms with van der Waals surface area (Å²) in [5, 5.41) is 11.1. The van der Waals surface area contributed by atoms with Gasteiger partial charge in [0.15, 0.2) is 0 Å². The molecule has 0 aromatic carbocycles. The zero-order chi connectivity index (χ0) is 28.6. The van der Waals surface area contributed by atoms with E-state index in [9.17, 15) is 0 Å². The first-order chi connectivity index (χ1) is 19.3. The first-order valence-electron chi connectivity index (χ1n) is 18.1. The molecule has 9 atom stereocenters. The van der Waals surface area contributed by atoms with E-state index in [1.807, 2.05) is 0 Å². The van der Waals surface area contributed by atoms with Gasteiger partial charge in [0.05, 0.1) is 0 Å². The lowest BCUT2D eigenvalue weighted by atomic mass is 9.44. The molecule has 4 nitrogen and oxygen atoms in total. The summed E-state index contributed by atoms with van der Waals surface area (Å²) in [7, 11) is 0. The van der Waals surface area contributed by atoms with Crippen LogP contribution in [-0.2, 0) is 0 Å². The van der Waals surface area contributed by atoms with Crippen molar-refractivity contribution in [1.82, 2.24) is 16.0 Å². The molecule has 0 aliphatic heterocycles. The highest BCUT2D eigenvalue weighted by Gasteiger charge is 2.60. The van der Waals surface area contributed by atoms with Crippen LogP contribution in [0.5, 0.6) is 0 Å². The second kappa shape index (κ2) is 15.5. The van der Waals surface area contributed by atoms with Crippen molar-refractivity contribution in [2.24, 2.45) is 58.0 Å². The van der Waals surface area contributed by atoms with Crippen molar-refractivity contribution in [2.45, 2.75) is 137 Å². The van der Waals surface area contributed by atoms with Crippen molar-refractivity contribution >= 4 is 0 Å². The Balaban J connectivity index is 1.18. The van der Waals surface area contributed by atoms with Crippen LogP contribution in [-0.4, -0.2) is 45.3 Å². The van der Waals surface area contributed by atoms with Gasteiger partial charge in [-0.25, -0.2) is 0 Å². The Morgan fingerprint density at radius 2 is 1.38 bits per heavy atom. The summed E-state index contributed by atoms with van der Waals surface area (Å²) in [6, 6.07) is 0.762. The molecule has 4 aliphatic rings. The van der Waals surface area contributed by atoms with Gasteiger partial charge in [0.2, 0.25) is 0 Å². The Morgan fingerprint density at radius 3 is 2.10 bits per heavy atom. The largest absolute Gasteiger partial charge is 0.330 e. The van der Waals surface area contributed by atoms with Crippen molar-refractivity contribution < 1.29 is 0 Å². The van der Waals surface area contributed by atoms with E-state index in [-0.39, 0.29) is 0 Å². The van der Waals surface area contributed by atoms with Gasteiger partial charge in [-0.05, 0) is 169 Å². The van der Waals surface area contributed by atoms with Gasteiger partial charge in [-0.3, -0.25) is 0 Å². The van der Waals surface area contributed by atoms with Gasteiger partial charge in [-0.15, -0.1) is 0 Å². The molecule has 4 heteroatoms. The molecule has 0 heterocycles. The van der Waals surface area contributed by atoms with Gasteiger partial charge in [0.25, 0.3) is 0 Å². The molecule has 5 N–H and O–H groups in total. The monoisotopic (exact) mass is 559 g/mol. The Morgan fingerprint density at radius 1 is 0.700 bits per heavy atom. The number of rotatable bonds is 17. The fourth-order valence-electron chi connectivity index (χ4n) is 10.8. The molecule has 0 saturated heterocycles. The minimum Gasteiger partial charge on any atom is -0.330 e. The van der Waals surface area contributed by atoms with Crippen LogP contribution < -0.4 is 21.7 Å². The molecule has 4 saturated carbocycles. The molecule has 4 fully saturated rings. The molecular weight excluding hydrogens is 488 g/mol. The highest BCUT2D eigenvalue weighted by Crippen LogP contribution is 2.68. The van der Waals surface area contributed by atoms with Crippen LogP contribution in [0.15, 0.2) is 0 Å². The predicted octanol–water partition coefficient (Wildman–Crippen LogP) is 7.37. The highest BCUT2D eigenvalue weighted by atomic mass is 14.9. The summed E-state index contributed by atoms with van der Waals surface area (Å²) in [4.78, 5) is 0. The second-order valence-electron chi connectivity index (χ2n) is 16.0. The zero-order valence-electron chi connectivity index (χ0n) is 27.5. The molecular formula is C36H70N4. The van der Waals surface area contributed by atoms with E-state index in [0.29, 0.717) is 10.8 Å². The quantitative estimate of drug-likeness (QED) is 0.141. The number of hydrogen-bond donors (Lipinski definition) is 4. The second-order valence-corrected chi connectivity index (χ2v) is 16.0. The van der Waals surface area contributed by atoms with E-state index in [1.54, 1.807) is 6.42 Å². The highest BCUT2D eigenvalue weighted by molar-refractivity contribution is 5.10. The predicted molar refractivity (Wildman–Crippen MR) is 174 cm³/mol. The summed E-state index contributed by atoms with van der Waals surface area (Å²) in [6.45, 7) is 19.3. The van der Waals surface area contributed by atoms with Crippen molar-refractivity contribution in [1.29, 1.82) is 0 Å². The Hall–Kier alpha value is -0.160. The Kier molecular flexibility index (Phi) is 12.7. The molecule has 40 heavy (non-hydrogen) atoms. The van der Waals surface area contributed by atoms with Crippen LogP contribution in [0.1, 0.15) is 131 Å². The first-order valence-corrected chi connectivity index (χ1v) is 18.1. The number of hydrogen-bond acceptors (Lipinski definition) is 4. The maximum Gasteiger partial charge on any atom is 0.00701 e. The van der Waals surface area contributed by atoms with E-state index in [2.05, 4.69) is 50.6 Å². The molecule has 4 aliphatic carbocycles. The summed E-state index contributed by atoms with van der Waals surface area (Å²) in [6.07, 6.45) is 21.4. The molecule has 4 rings (SSSR count). The van der Waals surface area contributed by atoms with E-state index in [0.717, 1.165) is 86.6 Å². The third-order valence-corrected chi connectivity index (χ3v) is 13.1. The molecule has 0 amide bonds. The van der Waals surface area contributed by atoms with Crippen molar-refractivity contribution in [3.8, 4) is 0 Å². The third kappa shape index (κ3) is 7.86. The summed E-state index contributed by atoms with van der Waals surface area (Å²) < 4.78 is 0. The Bertz CT molecular complexity index is 726. The standard InChI is InChI=1S/C36H70N4/c1-27(2)10-6-11-28(3)32-14-15-33-31-13-12-29-26-30(16-18-35(29,4)34(31)17-19-36(32,33)5)40-25-9-24-39-23-8-22-38-21-7-20-37/h27-34,38-40H,6-26,37H2,1-5H3/t28-,29-,30+,31?,32-,33?,34?,35+,36-/m1/s1. The third-order valence-electron chi connectivity index (χ3n) is 13.1. The topological polar surface area (TPSA) is 62.1 Å². The van der Waals surface area contributed by atoms with Crippen molar-refractivity contribution in [3.05, 3.63) is 0 Å². The maximum absolute atomic E-state index is 5.55. The van der Waals surface area contributed by atoms with Crippen LogP contribution in [0.4, 0.5) is 0 Å². The average Bonchev–Trinajstić information content (AvgIpc) is 3.29. The van der Waals surface area contributed by atoms with Gasteiger partial charge in [0, 0.05) is 6.04 Å². The van der Waals surface area contributed by atoms with Gasteiger partial charge < -0.3 is 21.7 Å². The molecule has 234 valence electrons. The minimum absolute atomic E-state index is 0.614. The molecule has 0 bridgehead atoms. The summed E-state index contributed by atoms with van der Waals surface area (Å²) in [5.74, 6) is 6.80. The van der Waals surface area contributed by atoms with Gasteiger partial charge in [0.1, 0.15) is 0 Å². The Labute approximate surface area is 249 Å². The van der Waals surface area contributed by atoms with E-state index in [1.165, 1.54) is 90.0 Å². The van der Waals surface area contributed by atoms with E-state index < -0.39 is 0 Å². The molecule has 0 aromatic heterocycles. The maximum atomic E-state index is 5.55. The summed E-state index contributed by atoms with van der Waals surface area (Å²) in [5.41, 5.74) is 6.80. The number of nitrogens with one attached hydrogen (secondary N) is 3. The lowest BCUT2D eigenvalue weighted by molar-refractivity contribution is -0.118. The molecule has 3 unspecified atom stereocenters. The minimum atomic E-state index is 0.614. The van der Waals surface area contributed by atoms with Crippen LogP contribution in [0.2, 0.25) is 0 Å². The van der Waals surface area contributed by atoms with Crippen LogP contribution in [0, 0.1) is 52.3 Å². The number of nitrogens with two attached hydrogens (primary N) is 1. The van der Waals surface area contributed by atoms with Gasteiger partial charge in [-0.2, -0.15) is 0 Å². The zero-order valence-corrected chi connectivity index (χ0v) is 27.5. The fraction of sp³-hybridized carbons (Fsp3) is 1.00. The lowest BCUT2D eigenvalue weighted by Crippen LogP contribution is -2.55. The number of fused-ring (bicyclic) bond motifs is 5. The van der Waals surface area contributed by atoms with Crippen molar-refractivity contribution in [3.63, 3.8) is 0 Å². The lowest BCUT2D eigenvalue weighted by Gasteiger charge is -2.61. The molecule has 0 radical (unpaired) electrons. The van der Waals surface area contributed by atoms with Gasteiger partial charge in [-0.1, -0.05) is 53.9 Å². The first kappa shape index (κ1) is 32.7. The van der Waals surface area contributed by atoms with Crippen LogP contribution >= 0.6 is 0 Å². The van der Waals surface area contributed by atoms with Crippen LogP contribution in [0.3, 0.4) is 0 Å². The van der Waals surface area contributed by atoms with Gasteiger partial charge >= 0.3 is 0 Å². The molecule has 0 spiro atoms. The molecule has 0 aromatic rings. The van der Waals surface area contributed by atoms with E-state index in [4.69, 9.17) is 5.73 Å². The van der Waals surface area contributed by atoms with E-state index >= 15 is 0 Å². The summed E-state index contributed by atoms with van der Waals surface area (Å²) >= 11 is 0. The van der Waals surface area contributed by atoms with Crippen LogP contribution in [0.25, 0.3) is 0 Å². The smallest absolute Gasteiger partial charge is 0.00701 e. The van der Waals surface area contributed by atoms with Crippen molar-refractivity contribution in [2.75, 3.05) is 39.3 Å².